The number of nitrogens with one attached hydrogen (secondary N) is 2. The summed E-state index contributed by atoms with van der Waals surface area (Å²) in [6.45, 7) is 3.86. The predicted molar refractivity (Wildman–Crippen MR) is 97.0 cm³/mol. The third-order valence-electron chi connectivity index (χ3n) is 3.59. The molecule has 0 aliphatic rings. The van der Waals surface area contributed by atoms with Gasteiger partial charge in [-0.2, -0.15) is 0 Å². The molecule has 0 spiro atoms. The molecule has 0 unspecified atom stereocenters. The van der Waals surface area contributed by atoms with Crippen molar-refractivity contribution in [3.8, 4) is 5.75 Å². The molecule has 1 atom stereocenters. The number of carbonyl (C=O) groups is 1. The summed E-state index contributed by atoms with van der Waals surface area (Å²) in [5.74, 6) is 1.03. The zero-order valence-electron chi connectivity index (χ0n) is 13.9. The van der Waals surface area contributed by atoms with Gasteiger partial charge in [0.2, 0.25) is 0 Å². The average Bonchev–Trinajstić information content (AvgIpc) is 2.52. The van der Waals surface area contributed by atoms with Crippen LogP contribution in [0.3, 0.4) is 0 Å². The number of hydrogen-bond donors (Lipinski definition) is 2. The van der Waals surface area contributed by atoms with Gasteiger partial charge < -0.3 is 15.0 Å². The Morgan fingerprint density at radius 1 is 1.26 bits per heavy atom. The molecule has 0 heterocycles. The van der Waals surface area contributed by atoms with Gasteiger partial charge in [0.1, 0.15) is 5.75 Å². The lowest BCUT2D eigenvalue weighted by atomic mass is 10.1. The first-order chi connectivity index (χ1) is 11.0. The van der Waals surface area contributed by atoms with Crippen LogP contribution in [0.25, 0.3) is 10.8 Å². The number of quaternary nitrogens is 1. The molecule has 0 radical (unpaired) electrons. The minimum Gasteiger partial charge on any atom is -0.483 e. The highest BCUT2D eigenvalue weighted by Gasteiger charge is 2.11. The van der Waals surface area contributed by atoms with Crippen molar-refractivity contribution >= 4 is 32.6 Å². The number of halogens is 1. The summed E-state index contributed by atoms with van der Waals surface area (Å²) in [4.78, 5) is 13.3. The maximum atomic E-state index is 11.9. The molecule has 4 nitrogen and oxygen atoms in total. The summed E-state index contributed by atoms with van der Waals surface area (Å²) in [6.07, 6.45) is 0. The quantitative estimate of drug-likeness (QED) is 0.771. The van der Waals surface area contributed by atoms with Gasteiger partial charge in [-0.3, -0.25) is 4.79 Å². The van der Waals surface area contributed by atoms with Crippen molar-refractivity contribution in [3.05, 3.63) is 40.9 Å². The Hall–Kier alpha value is -1.59. The molecule has 23 heavy (non-hydrogen) atoms. The minimum atomic E-state index is -0.0920. The predicted octanol–water partition coefficient (Wildman–Crippen LogP) is 1.88. The first-order valence-corrected chi connectivity index (χ1v) is 8.62. The summed E-state index contributed by atoms with van der Waals surface area (Å²) in [6, 6.07) is 11.9. The molecular weight excluding hydrogens is 356 g/mol. The van der Waals surface area contributed by atoms with Crippen LogP contribution in [0.15, 0.2) is 40.9 Å². The van der Waals surface area contributed by atoms with E-state index in [0.29, 0.717) is 18.2 Å². The van der Waals surface area contributed by atoms with Crippen molar-refractivity contribution < 1.29 is 14.4 Å². The van der Waals surface area contributed by atoms with Crippen molar-refractivity contribution in [2.75, 3.05) is 33.8 Å². The van der Waals surface area contributed by atoms with E-state index in [2.05, 4.69) is 42.3 Å². The second-order valence-electron chi connectivity index (χ2n) is 6.21. The van der Waals surface area contributed by atoms with E-state index in [-0.39, 0.29) is 12.5 Å². The Kier molecular flexibility index (Phi) is 6.42. The van der Waals surface area contributed by atoms with E-state index < -0.39 is 0 Å². The first kappa shape index (κ1) is 17.8. The molecule has 1 amide bonds. The van der Waals surface area contributed by atoms with Crippen molar-refractivity contribution in [1.29, 1.82) is 0 Å². The van der Waals surface area contributed by atoms with Gasteiger partial charge in [0.25, 0.3) is 5.91 Å². The van der Waals surface area contributed by atoms with E-state index in [0.717, 1.165) is 21.8 Å². The Bertz CT molecular complexity index is 673. The molecule has 0 aromatic heterocycles. The molecule has 0 saturated carbocycles. The fourth-order valence-corrected chi connectivity index (χ4v) is 3.18. The van der Waals surface area contributed by atoms with E-state index in [1.807, 2.05) is 36.4 Å². The van der Waals surface area contributed by atoms with Crippen molar-refractivity contribution in [1.82, 2.24) is 5.32 Å². The second-order valence-corrected chi connectivity index (χ2v) is 7.00. The van der Waals surface area contributed by atoms with Crippen LogP contribution in [0.2, 0.25) is 0 Å². The van der Waals surface area contributed by atoms with Gasteiger partial charge in [-0.25, -0.2) is 0 Å². The highest BCUT2D eigenvalue weighted by Crippen LogP contribution is 2.32. The highest BCUT2D eigenvalue weighted by atomic mass is 79.9. The molecule has 0 fully saturated rings. The monoisotopic (exact) mass is 379 g/mol. The minimum absolute atomic E-state index is 0.0263. The molecule has 0 aliphatic carbocycles. The largest absolute Gasteiger partial charge is 0.483 e. The standard InChI is InChI=1S/C18H23BrN2O2/c1-13(11-21(2)3)10-20-17(22)12-23-16-9-8-14-6-4-5-7-15(14)18(16)19/h4-9,13H,10-12H2,1-3H3,(H,20,22)/p+1/t13-/m0/s1. The fraction of sp³-hybridized carbons (Fsp3) is 0.389. The van der Waals surface area contributed by atoms with E-state index in [4.69, 9.17) is 4.74 Å². The maximum absolute atomic E-state index is 11.9. The zero-order valence-corrected chi connectivity index (χ0v) is 15.4. The van der Waals surface area contributed by atoms with Crippen molar-refractivity contribution in [2.45, 2.75) is 6.92 Å². The van der Waals surface area contributed by atoms with Gasteiger partial charge in [0, 0.05) is 12.5 Å². The van der Waals surface area contributed by atoms with Crippen LogP contribution in [-0.2, 0) is 4.79 Å². The smallest absolute Gasteiger partial charge is 0.257 e. The number of ether oxygens (including phenoxy) is 1. The number of hydrogen-bond acceptors (Lipinski definition) is 2. The molecule has 0 aliphatic heterocycles. The Labute approximate surface area is 145 Å². The van der Waals surface area contributed by atoms with E-state index in [9.17, 15) is 4.79 Å². The normalized spacial score (nSPS) is 12.4. The van der Waals surface area contributed by atoms with Gasteiger partial charge >= 0.3 is 0 Å². The number of rotatable bonds is 7. The number of benzene rings is 2. The highest BCUT2D eigenvalue weighted by molar-refractivity contribution is 9.10. The van der Waals surface area contributed by atoms with Gasteiger partial charge in [0.15, 0.2) is 6.61 Å². The molecule has 2 rings (SSSR count). The molecule has 0 bridgehead atoms. The number of carbonyl (C=O) groups excluding carboxylic acids is 1. The lowest BCUT2D eigenvalue weighted by molar-refractivity contribution is -0.861. The van der Waals surface area contributed by atoms with Crippen molar-refractivity contribution in [3.63, 3.8) is 0 Å². The van der Waals surface area contributed by atoms with E-state index >= 15 is 0 Å². The van der Waals surface area contributed by atoms with Gasteiger partial charge in [-0.05, 0) is 32.8 Å². The van der Waals surface area contributed by atoms with Crippen LogP contribution in [-0.4, -0.2) is 39.7 Å². The summed E-state index contributed by atoms with van der Waals surface area (Å²) >= 11 is 3.56. The summed E-state index contributed by atoms with van der Waals surface area (Å²) in [7, 11) is 4.22. The lowest BCUT2D eigenvalue weighted by Crippen LogP contribution is -3.06. The first-order valence-electron chi connectivity index (χ1n) is 7.83. The van der Waals surface area contributed by atoms with Crippen molar-refractivity contribution in [2.24, 2.45) is 5.92 Å². The molecule has 124 valence electrons. The van der Waals surface area contributed by atoms with Crippen LogP contribution in [0.5, 0.6) is 5.75 Å². The van der Waals surface area contributed by atoms with Gasteiger partial charge in [-0.1, -0.05) is 37.3 Å². The molecule has 0 saturated heterocycles. The molecular formula is C18H24BrN2O2+. The topological polar surface area (TPSA) is 42.8 Å². The van der Waals surface area contributed by atoms with Crippen LogP contribution >= 0.6 is 15.9 Å². The molecule has 2 N–H and O–H groups in total. The summed E-state index contributed by atoms with van der Waals surface area (Å²) in [5.41, 5.74) is 0. The zero-order chi connectivity index (χ0) is 16.8. The average molecular weight is 380 g/mol. The second kappa shape index (κ2) is 8.31. The number of fused-ring (bicyclic) bond motifs is 1. The Balaban J connectivity index is 1.88. The number of amides is 1. The van der Waals surface area contributed by atoms with E-state index in [1.165, 1.54) is 4.90 Å². The molecule has 2 aromatic carbocycles. The molecule has 5 heteroatoms. The van der Waals surface area contributed by atoms with Gasteiger partial charge in [0.05, 0.1) is 25.1 Å². The lowest BCUT2D eigenvalue weighted by Gasteiger charge is -2.15. The van der Waals surface area contributed by atoms with Crippen LogP contribution < -0.4 is 15.0 Å². The van der Waals surface area contributed by atoms with Gasteiger partial charge in [-0.15, -0.1) is 0 Å². The van der Waals surface area contributed by atoms with Crippen LogP contribution in [0.4, 0.5) is 0 Å². The van der Waals surface area contributed by atoms with Crippen LogP contribution in [0, 0.1) is 5.92 Å². The third-order valence-corrected chi connectivity index (χ3v) is 4.41. The van der Waals surface area contributed by atoms with Crippen LogP contribution in [0.1, 0.15) is 6.92 Å². The van der Waals surface area contributed by atoms with E-state index in [1.54, 1.807) is 0 Å². The Morgan fingerprint density at radius 2 is 2.00 bits per heavy atom. The summed E-state index contributed by atoms with van der Waals surface area (Å²) in [5, 5.41) is 5.13. The SMILES string of the molecule is C[C@@H](CNC(=O)COc1ccc2ccccc2c1Br)C[NH+](C)C. The fourth-order valence-electron chi connectivity index (χ4n) is 2.58. The molecule has 2 aromatic rings. The third kappa shape index (κ3) is 5.22. The Morgan fingerprint density at radius 3 is 2.74 bits per heavy atom. The summed E-state index contributed by atoms with van der Waals surface area (Å²) < 4.78 is 6.54. The maximum Gasteiger partial charge on any atom is 0.257 e.